The van der Waals surface area contributed by atoms with Crippen LogP contribution in [0.15, 0.2) is 58.0 Å². The molecule has 4 heterocycles. The van der Waals surface area contributed by atoms with Gasteiger partial charge in [0.2, 0.25) is 0 Å². The number of rotatable bonds is 5. The highest BCUT2D eigenvalue weighted by atomic mass is 79.9. The van der Waals surface area contributed by atoms with Crippen molar-refractivity contribution in [3.63, 3.8) is 0 Å². The number of fused-ring (bicyclic) bond motifs is 1. The van der Waals surface area contributed by atoms with Crippen molar-refractivity contribution in [2.75, 3.05) is 5.73 Å². The molecule has 9 nitrogen and oxygen atoms in total. The Morgan fingerprint density at radius 2 is 1.90 bits per heavy atom. The first-order chi connectivity index (χ1) is 14.9. The SMILES string of the molecule is C[C@H](c1ncccn1)N(Cc1ccc(Br)nn1)C(=O)c1cnc2nc(N)c(Br)cc2c1. The summed E-state index contributed by atoms with van der Waals surface area (Å²) in [6.07, 6.45) is 4.78. The molecule has 0 aliphatic carbocycles. The standard InChI is InChI=1S/C20H16Br2N8O/c1-11(18-24-5-2-6-25-18)30(10-14-3-4-16(22)29-28-14)20(31)13-7-12-8-15(21)17(23)27-19(12)26-9-13/h2-9,11H,10H2,1H3,(H2,23,26,27)/t11-/m1/s1. The average Bonchev–Trinajstić information content (AvgIpc) is 2.79. The number of nitrogens with two attached hydrogens (primary N) is 1. The van der Waals surface area contributed by atoms with Gasteiger partial charge in [-0.25, -0.2) is 19.9 Å². The smallest absolute Gasteiger partial charge is 0.256 e. The van der Waals surface area contributed by atoms with Crippen molar-refractivity contribution in [3.8, 4) is 0 Å². The largest absolute Gasteiger partial charge is 0.383 e. The Bertz CT molecular complexity index is 1240. The van der Waals surface area contributed by atoms with Gasteiger partial charge in [-0.3, -0.25) is 4.79 Å². The second-order valence-corrected chi connectivity index (χ2v) is 8.36. The molecular weight excluding hydrogens is 528 g/mol. The first kappa shape index (κ1) is 21.2. The molecule has 0 unspecified atom stereocenters. The number of hydrogen-bond acceptors (Lipinski definition) is 8. The van der Waals surface area contributed by atoms with E-state index in [1.807, 2.05) is 6.92 Å². The van der Waals surface area contributed by atoms with Gasteiger partial charge >= 0.3 is 0 Å². The summed E-state index contributed by atoms with van der Waals surface area (Å²) in [5.41, 5.74) is 7.32. The van der Waals surface area contributed by atoms with Crippen LogP contribution in [0.1, 0.15) is 34.8 Å². The molecule has 0 saturated carbocycles. The van der Waals surface area contributed by atoms with Gasteiger partial charge in [0.15, 0.2) is 5.65 Å². The third-order valence-electron chi connectivity index (χ3n) is 4.60. The maximum absolute atomic E-state index is 13.5. The molecule has 1 atom stereocenters. The molecule has 11 heteroatoms. The topological polar surface area (TPSA) is 124 Å². The van der Waals surface area contributed by atoms with Gasteiger partial charge in [-0.2, -0.15) is 5.10 Å². The molecule has 0 spiro atoms. The first-order valence-electron chi connectivity index (χ1n) is 9.20. The van der Waals surface area contributed by atoms with Crippen LogP contribution in [0.2, 0.25) is 0 Å². The summed E-state index contributed by atoms with van der Waals surface area (Å²) in [6.45, 7) is 2.09. The summed E-state index contributed by atoms with van der Waals surface area (Å²) in [5.74, 6) is 0.614. The molecule has 2 N–H and O–H groups in total. The minimum atomic E-state index is -0.411. The Morgan fingerprint density at radius 3 is 2.61 bits per heavy atom. The van der Waals surface area contributed by atoms with Gasteiger partial charge in [-0.15, -0.1) is 5.10 Å². The van der Waals surface area contributed by atoms with Gasteiger partial charge in [0.1, 0.15) is 16.2 Å². The van der Waals surface area contributed by atoms with Gasteiger partial charge in [-0.05, 0) is 69.1 Å². The highest BCUT2D eigenvalue weighted by Gasteiger charge is 2.26. The van der Waals surface area contributed by atoms with Crippen LogP contribution < -0.4 is 5.73 Å². The Balaban J connectivity index is 1.72. The fraction of sp³-hybridized carbons (Fsp3) is 0.150. The number of hydrogen-bond donors (Lipinski definition) is 1. The number of carbonyl (C=O) groups is 1. The van der Waals surface area contributed by atoms with Crippen LogP contribution in [0.5, 0.6) is 0 Å². The summed E-state index contributed by atoms with van der Waals surface area (Å²) in [4.78, 5) is 32.3. The van der Waals surface area contributed by atoms with E-state index in [1.165, 1.54) is 6.20 Å². The lowest BCUT2D eigenvalue weighted by molar-refractivity contribution is 0.0662. The highest BCUT2D eigenvalue weighted by Crippen LogP contribution is 2.25. The third-order valence-corrected chi connectivity index (χ3v) is 5.66. The van der Waals surface area contributed by atoms with Gasteiger partial charge in [0, 0.05) is 24.0 Å². The van der Waals surface area contributed by atoms with E-state index in [0.717, 1.165) is 0 Å². The predicted octanol–water partition coefficient (Wildman–Crippen LogP) is 3.72. The second-order valence-electron chi connectivity index (χ2n) is 6.69. The van der Waals surface area contributed by atoms with Crippen LogP contribution in [0, 0.1) is 0 Å². The third kappa shape index (κ3) is 4.67. The van der Waals surface area contributed by atoms with Gasteiger partial charge in [-0.1, -0.05) is 0 Å². The molecule has 156 valence electrons. The summed E-state index contributed by atoms with van der Waals surface area (Å²) >= 11 is 6.64. The molecule has 4 aromatic rings. The van der Waals surface area contributed by atoms with Gasteiger partial charge in [0.05, 0.1) is 28.3 Å². The van der Waals surface area contributed by atoms with Crippen LogP contribution >= 0.6 is 31.9 Å². The molecular formula is C20H16Br2N8O. The number of pyridine rings is 2. The molecule has 4 rings (SSSR count). The maximum Gasteiger partial charge on any atom is 0.256 e. The van der Waals surface area contributed by atoms with E-state index in [1.54, 1.807) is 47.6 Å². The molecule has 0 saturated heterocycles. The second kappa shape index (κ2) is 8.98. The van der Waals surface area contributed by atoms with Crippen molar-refractivity contribution in [1.82, 2.24) is 35.0 Å². The van der Waals surface area contributed by atoms with Crippen LogP contribution in [0.4, 0.5) is 5.82 Å². The van der Waals surface area contributed by atoms with E-state index in [4.69, 9.17) is 5.73 Å². The molecule has 0 aliphatic rings. The average molecular weight is 544 g/mol. The number of nitrogen functional groups attached to an aromatic ring is 1. The normalized spacial score (nSPS) is 12.0. The Morgan fingerprint density at radius 1 is 1.13 bits per heavy atom. The number of carbonyl (C=O) groups excluding carboxylic acids is 1. The number of nitrogens with zero attached hydrogens (tertiary/aromatic N) is 7. The zero-order valence-corrected chi connectivity index (χ0v) is 19.4. The number of halogens is 2. The van der Waals surface area contributed by atoms with E-state index < -0.39 is 6.04 Å². The zero-order chi connectivity index (χ0) is 22.0. The summed E-state index contributed by atoms with van der Waals surface area (Å²) in [5, 5.41) is 8.87. The van der Waals surface area contributed by atoms with Gasteiger partial charge < -0.3 is 10.6 Å². The van der Waals surface area contributed by atoms with E-state index in [2.05, 4.69) is 62.0 Å². The number of anilines is 1. The van der Waals surface area contributed by atoms with E-state index in [-0.39, 0.29) is 12.5 Å². The molecule has 4 aromatic heterocycles. The summed E-state index contributed by atoms with van der Waals surface area (Å²) in [7, 11) is 0. The van der Waals surface area contributed by atoms with Crippen molar-refractivity contribution in [3.05, 3.63) is 75.1 Å². The predicted molar refractivity (Wildman–Crippen MR) is 122 cm³/mol. The van der Waals surface area contributed by atoms with E-state index in [9.17, 15) is 4.79 Å². The van der Waals surface area contributed by atoms with Crippen molar-refractivity contribution < 1.29 is 4.79 Å². The molecule has 0 radical (unpaired) electrons. The summed E-state index contributed by atoms with van der Waals surface area (Å²) in [6, 6.07) is 8.42. The van der Waals surface area contributed by atoms with Crippen molar-refractivity contribution in [1.29, 1.82) is 0 Å². The van der Waals surface area contributed by atoms with Crippen LogP contribution in [0.25, 0.3) is 11.0 Å². The quantitative estimate of drug-likeness (QED) is 0.404. The highest BCUT2D eigenvalue weighted by molar-refractivity contribution is 9.10. The Hall–Kier alpha value is -3.05. The summed E-state index contributed by atoms with van der Waals surface area (Å²) < 4.78 is 1.25. The molecule has 0 bridgehead atoms. The lowest BCUT2D eigenvalue weighted by atomic mass is 10.1. The first-order valence-corrected chi connectivity index (χ1v) is 10.8. The monoisotopic (exact) mass is 542 g/mol. The minimum Gasteiger partial charge on any atom is -0.383 e. The zero-order valence-electron chi connectivity index (χ0n) is 16.3. The fourth-order valence-corrected chi connectivity index (χ4v) is 3.53. The van der Waals surface area contributed by atoms with Crippen molar-refractivity contribution in [2.24, 2.45) is 0 Å². The van der Waals surface area contributed by atoms with E-state index >= 15 is 0 Å². The minimum absolute atomic E-state index is 0.222. The Kier molecular flexibility index (Phi) is 6.14. The lowest BCUT2D eigenvalue weighted by Crippen LogP contribution is -2.34. The van der Waals surface area contributed by atoms with Gasteiger partial charge in [0.25, 0.3) is 5.91 Å². The van der Waals surface area contributed by atoms with Crippen molar-refractivity contribution >= 4 is 54.6 Å². The number of amides is 1. The molecule has 31 heavy (non-hydrogen) atoms. The molecule has 0 aromatic carbocycles. The van der Waals surface area contributed by atoms with Crippen LogP contribution in [0.3, 0.4) is 0 Å². The lowest BCUT2D eigenvalue weighted by Gasteiger charge is -2.28. The molecule has 1 amide bonds. The van der Waals surface area contributed by atoms with Crippen LogP contribution in [-0.4, -0.2) is 40.9 Å². The number of aromatic nitrogens is 6. The molecule has 0 aliphatic heterocycles. The molecule has 0 fully saturated rings. The van der Waals surface area contributed by atoms with E-state index in [0.29, 0.717) is 43.0 Å². The van der Waals surface area contributed by atoms with Crippen LogP contribution in [-0.2, 0) is 6.54 Å². The maximum atomic E-state index is 13.5. The fourth-order valence-electron chi connectivity index (χ4n) is 2.99. The van der Waals surface area contributed by atoms with Crippen molar-refractivity contribution in [2.45, 2.75) is 19.5 Å². The Labute approximate surface area is 194 Å².